The van der Waals surface area contributed by atoms with Gasteiger partial charge in [-0.1, -0.05) is 35.7 Å². The van der Waals surface area contributed by atoms with Gasteiger partial charge < -0.3 is 5.32 Å². The topological polar surface area (TPSA) is 12.0 Å². The lowest BCUT2D eigenvalue weighted by atomic mass is 9.90. The average molecular weight is 284 g/mol. The molecule has 1 N–H and O–H groups in total. The summed E-state index contributed by atoms with van der Waals surface area (Å²) >= 11 is 12.0. The number of nitrogens with one attached hydrogen (secondary N) is 1. The van der Waals surface area contributed by atoms with Gasteiger partial charge in [-0.3, -0.25) is 0 Å². The van der Waals surface area contributed by atoms with E-state index in [9.17, 15) is 0 Å². The van der Waals surface area contributed by atoms with Crippen molar-refractivity contribution in [3.8, 4) is 0 Å². The van der Waals surface area contributed by atoms with E-state index in [1.807, 2.05) is 12.1 Å². The van der Waals surface area contributed by atoms with Crippen molar-refractivity contribution in [1.82, 2.24) is 5.32 Å². The SMILES string of the molecule is Clc1ccc(CCC2NCC3CCCC32)cc1Cl. The first-order valence-electron chi connectivity index (χ1n) is 6.91. The van der Waals surface area contributed by atoms with Gasteiger partial charge in [0.2, 0.25) is 0 Å². The molecule has 18 heavy (non-hydrogen) atoms. The zero-order valence-electron chi connectivity index (χ0n) is 10.5. The molecule has 2 fully saturated rings. The predicted molar refractivity (Wildman–Crippen MR) is 77.4 cm³/mol. The Morgan fingerprint density at radius 3 is 2.89 bits per heavy atom. The number of halogens is 2. The second-order valence-electron chi connectivity index (χ2n) is 5.66. The number of benzene rings is 1. The van der Waals surface area contributed by atoms with Crippen LogP contribution >= 0.6 is 23.2 Å². The van der Waals surface area contributed by atoms with Crippen LogP contribution in [0.15, 0.2) is 18.2 Å². The van der Waals surface area contributed by atoms with Crippen molar-refractivity contribution in [2.75, 3.05) is 6.54 Å². The number of hydrogen-bond acceptors (Lipinski definition) is 1. The van der Waals surface area contributed by atoms with Crippen LogP contribution in [0.5, 0.6) is 0 Å². The van der Waals surface area contributed by atoms with Crippen LogP contribution in [0, 0.1) is 11.8 Å². The van der Waals surface area contributed by atoms with Crippen molar-refractivity contribution < 1.29 is 0 Å². The highest BCUT2D eigenvalue weighted by Crippen LogP contribution is 2.39. The third kappa shape index (κ3) is 2.54. The summed E-state index contributed by atoms with van der Waals surface area (Å²) in [6.45, 7) is 1.23. The number of fused-ring (bicyclic) bond motifs is 1. The second kappa shape index (κ2) is 5.40. The molecule has 1 nitrogen and oxygen atoms in total. The molecule has 3 unspecified atom stereocenters. The first kappa shape index (κ1) is 12.8. The van der Waals surface area contributed by atoms with Gasteiger partial charge in [0, 0.05) is 6.04 Å². The lowest BCUT2D eigenvalue weighted by Gasteiger charge is -2.18. The summed E-state index contributed by atoms with van der Waals surface area (Å²) in [4.78, 5) is 0. The van der Waals surface area contributed by atoms with Gasteiger partial charge in [-0.2, -0.15) is 0 Å². The molecule has 0 radical (unpaired) electrons. The molecule has 3 heteroatoms. The Morgan fingerprint density at radius 1 is 1.17 bits per heavy atom. The van der Waals surface area contributed by atoms with Gasteiger partial charge in [0.05, 0.1) is 10.0 Å². The second-order valence-corrected chi connectivity index (χ2v) is 6.47. The highest BCUT2D eigenvalue weighted by Gasteiger charge is 2.38. The van der Waals surface area contributed by atoms with E-state index in [1.165, 1.54) is 37.8 Å². The van der Waals surface area contributed by atoms with E-state index in [-0.39, 0.29) is 0 Å². The zero-order chi connectivity index (χ0) is 12.5. The molecule has 1 saturated heterocycles. The van der Waals surface area contributed by atoms with E-state index in [0.29, 0.717) is 16.1 Å². The average Bonchev–Trinajstić information content (AvgIpc) is 2.94. The van der Waals surface area contributed by atoms with Gasteiger partial charge in [0.1, 0.15) is 0 Å². The Balaban J connectivity index is 1.59. The molecule has 1 aromatic carbocycles. The summed E-state index contributed by atoms with van der Waals surface area (Å²) in [5.41, 5.74) is 1.30. The fraction of sp³-hybridized carbons (Fsp3) is 0.600. The van der Waals surface area contributed by atoms with E-state index < -0.39 is 0 Å². The van der Waals surface area contributed by atoms with E-state index in [0.717, 1.165) is 18.3 Å². The Kier molecular flexibility index (Phi) is 3.83. The molecule has 98 valence electrons. The standard InChI is InChI=1S/C15H19Cl2N/c16-13-6-4-10(8-14(13)17)5-7-15-12-3-1-2-11(12)9-18-15/h4,6,8,11-12,15,18H,1-3,5,7,9H2. The van der Waals surface area contributed by atoms with Crippen LogP contribution in [0.1, 0.15) is 31.2 Å². The molecule has 1 heterocycles. The quantitative estimate of drug-likeness (QED) is 0.872. The molecule has 0 bridgehead atoms. The summed E-state index contributed by atoms with van der Waals surface area (Å²) < 4.78 is 0. The van der Waals surface area contributed by atoms with Gasteiger partial charge in [0.15, 0.2) is 0 Å². The van der Waals surface area contributed by atoms with Crippen LogP contribution in [0.4, 0.5) is 0 Å². The van der Waals surface area contributed by atoms with Crippen LogP contribution < -0.4 is 5.32 Å². The van der Waals surface area contributed by atoms with E-state index in [2.05, 4.69) is 11.4 Å². The molecule has 1 saturated carbocycles. The minimum atomic E-state index is 0.648. The van der Waals surface area contributed by atoms with Crippen molar-refractivity contribution in [2.45, 2.75) is 38.1 Å². The highest BCUT2D eigenvalue weighted by atomic mass is 35.5. The zero-order valence-corrected chi connectivity index (χ0v) is 12.0. The smallest absolute Gasteiger partial charge is 0.0595 e. The van der Waals surface area contributed by atoms with Gasteiger partial charge in [-0.25, -0.2) is 0 Å². The van der Waals surface area contributed by atoms with Crippen LogP contribution in [0.25, 0.3) is 0 Å². The molecular weight excluding hydrogens is 265 g/mol. The van der Waals surface area contributed by atoms with Gasteiger partial charge in [0.25, 0.3) is 0 Å². The van der Waals surface area contributed by atoms with Crippen molar-refractivity contribution in [1.29, 1.82) is 0 Å². The summed E-state index contributed by atoms with van der Waals surface area (Å²) in [6.07, 6.45) is 6.60. The largest absolute Gasteiger partial charge is 0.313 e. The summed E-state index contributed by atoms with van der Waals surface area (Å²) in [7, 11) is 0. The van der Waals surface area contributed by atoms with Crippen molar-refractivity contribution in [2.24, 2.45) is 11.8 Å². The maximum absolute atomic E-state index is 6.05. The molecule has 0 amide bonds. The third-order valence-corrected chi connectivity index (χ3v) is 5.34. The van der Waals surface area contributed by atoms with Crippen LogP contribution in [-0.2, 0) is 6.42 Å². The first-order chi connectivity index (χ1) is 8.74. The summed E-state index contributed by atoms with van der Waals surface area (Å²) in [5.74, 6) is 1.87. The Hall–Kier alpha value is -0.240. The van der Waals surface area contributed by atoms with Gasteiger partial charge in [-0.05, 0) is 61.8 Å². The maximum atomic E-state index is 6.05. The molecular formula is C15H19Cl2N. The minimum Gasteiger partial charge on any atom is -0.313 e. The van der Waals surface area contributed by atoms with Gasteiger partial charge >= 0.3 is 0 Å². The fourth-order valence-corrected chi connectivity index (χ4v) is 3.96. The van der Waals surface area contributed by atoms with E-state index >= 15 is 0 Å². The summed E-state index contributed by atoms with van der Waals surface area (Å²) in [6, 6.07) is 6.71. The predicted octanol–water partition coefficient (Wildman–Crippen LogP) is 4.31. The minimum absolute atomic E-state index is 0.648. The molecule has 1 aliphatic carbocycles. The Labute approximate surface area is 119 Å². The van der Waals surface area contributed by atoms with Crippen molar-refractivity contribution in [3.63, 3.8) is 0 Å². The van der Waals surface area contributed by atoms with Crippen molar-refractivity contribution >= 4 is 23.2 Å². The summed E-state index contributed by atoms with van der Waals surface area (Å²) in [5, 5.41) is 5.02. The highest BCUT2D eigenvalue weighted by molar-refractivity contribution is 6.42. The van der Waals surface area contributed by atoms with Gasteiger partial charge in [-0.15, -0.1) is 0 Å². The molecule has 1 aromatic rings. The number of rotatable bonds is 3. The monoisotopic (exact) mass is 283 g/mol. The van der Waals surface area contributed by atoms with Crippen LogP contribution in [0.3, 0.4) is 0 Å². The first-order valence-corrected chi connectivity index (χ1v) is 7.67. The lowest BCUT2D eigenvalue weighted by molar-refractivity contribution is 0.393. The molecule has 3 rings (SSSR count). The van der Waals surface area contributed by atoms with E-state index in [4.69, 9.17) is 23.2 Å². The fourth-order valence-electron chi connectivity index (χ4n) is 3.64. The number of hydrogen-bond donors (Lipinski definition) is 1. The molecule has 3 atom stereocenters. The Bertz CT molecular complexity index is 433. The van der Waals surface area contributed by atoms with E-state index in [1.54, 1.807) is 0 Å². The third-order valence-electron chi connectivity index (χ3n) is 4.60. The molecule has 1 aliphatic heterocycles. The molecule has 0 spiro atoms. The molecule has 0 aromatic heterocycles. The Morgan fingerprint density at radius 2 is 2.06 bits per heavy atom. The maximum Gasteiger partial charge on any atom is 0.0595 e. The lowest BCUT2D eigenvalue weighted by Crippen LogP contribution is -2.27. The number of aryl methyl sites for hydroxylation is 1. The van der Waals surface area contributed by atoms with Crippen LogP contribution in [0.2, 0.25) is 10.0 Å². The van der Waals surface area contributed by atoms with Crippen LogP contribution in [-0.4, -0.2) is 12.6 Å². The molecule has 2 aliphatic rings. The normalized spacial score (nSPS) is 30.7. The van der Waals surface area contributed by atoms with Crippen molar-refractivity contribution in [3.05, 3.63) is 33.8 Å².